The van der Waals surface area contributed by atoms with Gasteiger partial charge < -0.3 is 10.3 Å². The highest BCUT2D eigenvalue weighted by atomic mass is 32.1. The molecular formula is C8H10N2OS. The van der Waals surface area contributed by atoms with Crippen LogP contribution < -0.4 is 11.3 Å². The second-order valence-corrected chi connectivity index (χ2v) is 3.03. The van der Waals surface area contributed by atoms with Crippen LogP contribution in [-0.2, 0) is 7.05 Å². The van der Waals surface area contributed by atoms with E-state index in [9.17, 15) is 4.79 Å². The zero-order chi connectivity index (χ0) is 9.30. The molecule has 0 aliphatic carbocycles. The van der Waals surface area contributed by atoms with Crippen molar-refractivity contribution in [2.45, 2.75) is 6.92 Å². The van der Waals surface area contributed by atoms with E-state index in [4.69, 9.17) is 18.0 Å². The summed E-state index contributed by atoms with van der Waals surface area (Å²) in [5, 5.41) is 0. The Hall–Kier alpha value is -1.16. The molecule has 1 heterocycles. The van der Waals surface area contributed by atoms with E-state index in [-0.39, 0.29) is 5.56 Å². The average Bonchev–Trinajstić information content (AvgIpc) is 2.00. The van der Waals surface area contributed by atoms with Crippen molar-refractivity contribution >= 4 is 17.2 Å². The number of rotatable bonds is 1. The summed E-state index contributed by atoms with van der Waals surface area (Å²) in [4.78, 5) is 11.4. The molecule has 0 radical (unpaired) electrons. The zero-order valence-corrected chi connectivity index (χ0v) is 7.81. The third-order valence-electron chi connectivity index (χ3n) is 1.88. The van der Waals surface area contributed by atoms with Crippen LogP contribution in [0.25, 0.3) is 0 Å². The van der Waals surface area contributed by atoms with Crippen LogP contribution in [0.15, 0.2) is 16.9 Å². The van der Waals surface area contributed by atoms with E-state index in [1.165, 1.54) is 10.6 Å². The first kappa shape index (κ1) is 8.93. The van der Waals surface area contributed by atoms with Crippen LogP contribution in [0.5, 0.6) is 0 Å². The number of hydrogen-bond acceptors (Lipinski definition) is 2. The molecule has 0 spiro atoms. The standard InChI is InChI=1S/C8H10N2OS/c1-5-6(8(9)12)3-4-7(11)10(5)2/h3-4H,1-2H3,(H2,9,12). The van der Waals surface area contributed by atoms with Crippen molar-refractivity contribution in [3.8, 4) is 0 Å². The minimum Gasteiger partial charge on any atom is -0.389 e. The van der Waals surface area contributed by atoms with Crippen molar-refractivity contribution in [2.24, 2.45) is 12.8 Å². The van der Waals surface area contributed by atoms with E-state index in [0.29, 0.717) is 4.99 Å². The van der Waals surface area contributed by atoms with Gasteiger partial charge in [0, 0.05) is 24.4 Å². The normalized spacial score (nSPS) is 9.83. The van der Waals surface area contributed by atoms with Crippen LogP contribution in [-0.4, -0.2) is 9.56 Å². The maximum atomic E-state index is 11.1. The highest BCUT2D eigenvalue weighted by Gasteiger charge is 2.03. The Kier molecular flexibility index (Phi) is 2.28. The van der Waals surface area contributed by atoms with E-state index in [1.54, 1.807) is 13.1 Å². The number of aromatic nitrogens is 1. The average molecular weight is 182 g/mol. The van der Waals surface area contributed by atoms with Crippen molar-refractivity contribution in [3.05, 3.63) is 33.7 Å². The van der Waals surface area contributed by atoms with Gasteiger partial charge in [-0.25, -0.2) is 0 Å². The molecule has 0 aliphatic heterocycles. The van der Waals surface area contributed by atoms with Gasteiger partial charge in [0.15, 0.2) is 0 Å². The molecule has 1 aromatic rings. The van der Waals surface area contributed by atoms with Crippen LogP contribution >= 0.6 is 12.2 Å². The van der Waals surface area contributed by atoms with Gasteiger partial charge in [-0.05, 0) is 13.0 Å². The summed E-state index contributed by atoms with van der Waals surface area (Å²) in [6, 6.07) is 3.11. The molecule has 2 N–H and O–H groups in total. The lowest BCUT2D eigenvalue weighted by Gasteiger charge is -2.07. The molecule has 0 fully saturated rings. The Balaban J connectivity index is 3.47. The zero-order valence-electron chi connectivity index (χ0n) is 7.00. The Morgan fingerprint density at radius 3 is 2.67 bits per heavy atom. The van der Waals surface area contributed by atoms with Gasteiger partial charge in [0.2, 0.25) is 5.56 Å². The van der Waals surface area contributed by atoms with Crippen LogP contribution in [0.1, 0.15) is 11.3 Å². The van der Waals surface area contributed by atoms with Crippen LogP contribution in [0.2, 0.25) is 0 Å². The summed E-state index contributed by atoms with van der Waals surface area (Å²) in [5.41, 5.74) is 6.96. The summed E-state index contributed by atoms with van der Waals surface area (Å²) < 4.78 is 1.52. The molecular weight excluding hydrogens is 172 g/mol. The van der Waals surface area contributed by atoms with Crippen LogP contribution in [0, 0.1) is 6.92 Å². The Morgan fingerprint density at radius 2 is 2.17 bits per heavy atom. The smallest absolute Gasteiger partial charge is 0.250 e. The molecule has 0 saturated heterocycles. The minimum atomic E-state index is -0.0486. The highest BCUT2D eigenvalue weighted by molar-refractivity contribution is 7.80. The minimum absolute atomic E-state index is 0.0486. The van der Waals surface area contributed by atoms with Gasteiger partial charge >= 0.3 is 0 Å². The Bertz CT molecular complexity index is 381. The molecule has 0 aliphatic rings. The van der Waals surface area contributed by atoms with Crippen molar-refractivity contribution in [2.75, 3.05) is 0 Å². The molecule has 4 heteroatoms. The topological polar surface area (TPSA) is 48.0 Å². The number of nitrogens with two attached hydrogens (primary N) is 1. The van der Waals surface area contributed by atoms with E-state index in [1.807, 2.05) is 6.92 Å². The number of hydrogen-bond donors (Lipinski definition) is 1. The predicted molar refractivity (Wildman–Crippen MR) is 52.3 cm³/mol. The molecule has 0 unspecified atom stereocenters. The fourth-order valence-corrected chi connectivity index (χ4v) is 1.21. The SMILES string of the molecule is Cc1c(C(N)=S)ccc(=O)n1C. The molecule has 12 heavy (non-hydrogen) atoms. The lowest BCUT2D eigenvalue weighted by molar-refractivity contribution is 0.816. The van der Waals surface area contributed by atoms with Gasteiger partial charge in [-0.15, -0.1) is 0 Å². The molecule has 0 aromatic carbocycles. The quantitative estimate of drug-likeness (QED) is 0.637. The van der Waals surface area contributed by atoms with Crippen molar-refractivity contribution in [1.29, 1.82) is 0 Å². The summed E-state index contributed by atoms with van der Waals surface area (Å²) in [6.07, 6.45) is 0. The number of thiocarbonyl (C=S) groups is 1. The summed E-state index contributed by atoms with van der Waals surface area (Å²) in [6.45, 7) is 1.82. The first-order valence-electron chi connectivity index (χ1n) is 3.50. The lowest BCUT2D eigenvalue weighted by Crippen LogP contribution is -2.22. The molecule has 0 amide bonds. The van der Waals surface area contributed by atoms with E-state index in [2.05, 4.69) is 0 Å². The maximum Gasteiger partial charge on any atom is 0.250 e. The van der Waals surface area contributed by atoms with Crippen molar-refractivity contribution < 1.29 is 0 Å². The van der Waals surface area contributed by atoms with Crippen LogP contribution in [0.3, 0.4) is 0 Å². The van der Waals surface area contributed by atoms with Gasteiger partial charge in [0.1, 0.15) is 4.99 Å². The van der Waals surface area contributed by atoms with Crippen LogP contribution in [0.4, 0.5) is 0 Å². The van der Waals surface area contributed by atoms with E-state index >= 15 is 0 Å². The van der Waals surface area contributed by atoms with Crippen molar-refractivity contribution in [3.63, 3.8) is 0 Å². The second-order valence-electron chi connectivity index (χ2n) is 2.59. The molecule has 3 nitrogen and oxygen atoms in total. The summed E-state index contributed by atoms with van der Waals surface area (Å²) in [5.74, 6) is 0. The third kappa shape index (κ3) is 1.38. The Labute approximate surface area is 75.8 Å². The van der Waals surface area contributed by atoms with Gasteiger partial charge in [-0.1, -0.05) is 12.2 Å². The fraction of sp³-hybridized carbons (Fsp3) is 0.250. The van der Waals surface area contributed by atoms with Crippen molar-refractivity contribution in [1.82, 2.24) is 4.57 Å². The third-order valence-corrected chi connectivity index (χ3v) is 2.10. The molecule has 0 bridgehead atoms. The molecule has 64 valence electrons. The second kappa shape index (κ2) is 3.06. The summed E-state index contributed by atoms with van der Waals surface area (Å²) in [7, 11) is 1.69. The summed E-state index contributed by atoms with van der Waals surface area (Å²) >= 11 is 4.81. The number of pyridine rings is 1. The molecule has 0 saturated carbocycles. The lowest BCUT2D eigenvalue weighted by atomic mass is 10.2. The molecule has 1 rings (SSSR count). The Morgan fingerprint density at radius 1 is 1.58 bits per heavy atom. The maximum absolute atomic E-state index is 11.1. The van der Waals surface area contributed by atoms with Gasteiger partial charge in [-0.3, -0.25) is 4.79 Å². The number of nitrogens with zero attached hydrogens (tertiary/aromatic N) is 1. The van der Waals surface area contributed by atoms with Gasteiger partial charge in [0.25, 0.3) is 0 Å². The van der Waals surface area contributed by atoms with Gasteiger partial charge in [-0.2, -0.15) is 0 Å². The highest BCUT2D eigenvalue weighted by Crippen LogP contribution is 2.02. The van der Waals surface area contributed by atoms with E-state index in [0.717, 1.165) is 11.3 Å². The largest absolute Gasteiger partial charge is 0.389 e. The fourth-order valence-electron chi connectivity index (χ4n) is 0.993. The van der Waals surface area contributed by atoms with Gasteiger partial charge in [0.05, 0.1) is 0 Å². The predicted octanol–water partition coefficient (Wildman–Crippen LogP) is 0.328. The van der Waals surface area contributed by atoms with E-state index < -0.39 is 0 Å². The molecule has 1 aromatic heterocycles. The molecule has 0 atom stereocenters. The first-order chi connectivity index (χ1) is 5.54. The monoisotopic (exact) mass is 182 g/mol. The first-order valence-corrected chi connectivity index (χ1v) is 3.91.